The summed E-state index contributed by atoms with van der Waals surface area (Å²) >= 11 is 0. The molecule has 0 aliphatic rings. The predicted octanol–water partition coefficient (Wildman–Crippen LogP) is -3.91. The van der Waals surface area contributed by atoms with Crippen LogP contribution in [-0.2, 0) is 9.59 Å². The van der Waals surface area contributed by atoms with Gasteiger partial charge in [0.15, 0.2) is 6.10 Å². The van der Waals surface area contributed by atoms with Gasteiger partial charge in [-0.1, -0.05) is 0 Å². The second-order valence-corrected chi connectivity index (χ2v) is 3.20. The first-order chi connectivity index (χ1) is 7.31. The van der Waals surface area contributed by atoms with E-state index in [0.29, 0.717) is 0 Å². The number of hydrogen-bond acceptors (Lipinski definition) is 7. The van der Waals surface area contributed by atoms with E-state index in [1.165, 1.54) is 6.92 Å². The van der Waals surface area contributed by atoms with Gasteiger partial charge in [-0.25, -0.2) is 0 Å². The van der Waals surface area contributed by atoms with Crippen molar-refractivity contribution in [1.82, 2.24) is 5.32 Å². The Balaban J connectivity index is 4.43. The van der Waals surface area contributed by atoms with Crippen molar-refractivity contribution < 1.29 is 35.1 Å². The minimum absolute atomic E-state index is 0.871. The molecule has 0 bridgehead atoms. The van der Waals surface area contributed by atoms with E-state index in [0.717, 1.165) is 0 Å². The second kappa shape index (κ2) is 6.51. The third-order valence-electron chi connectivity index (χ3n) is 1.74. The lowest BCUT2D eigenvalue weighted by atomic mass is 10.0. The molecule has 0 saturated carbocycles. The number of ketones is 1. The first kappa shape index (κ1) is 14.9. The molecule has 1 amide bonds. The molecule has 1 unspecified atom stereocenters. The van der Waals surface area contributed by atoms with Crippen LogP contribution in [-0.4, -0.2) is 68.4 Å². The molecule has 8 nitrogen and oxygen atoms in total. The highest BCUT2D eigenvalue weighted by Gasteiger charge is 2.33. The lowest BCUT2D eigenvalue weighted by molar-refractivity contribution is -0.152. The van der Waals surface area contributed by atoms with Crippen molar-refractivity contribution in [3.8, 4) is 0 Å². The molecule has 0 radical (unpaired) electrons. The normalized spacial score (nSPS) is 18.4. The number of rotatable bonds is 6. The molecule has 94 valence electrons. The average molecular weight is 237 g/mol. The maximum Gasteiger partial charge on any atom is 0.292 e. The summed E-state index contributed by atoms with van der Waals surface area (Å²) in [5.41, 5.74) is 0. The molecule has 6 N–H and O–H groups in total. The highest BCUT2D eigenvalue weighted by Crippen LogP contribution is 2.01. The first-order valence-electron chi connectivity index (χ1n) is 4.49. The lowest BCUT2D eigenvalue weighted by Gasteiger charge is -2.20. The molecule has 16 heavy (non-hydrogen) atoms. The van der Waals surface area contributed by atoms with Crippen LogP contribution in [0.1, 0.15) is 6.92 Å². The third kappa shape index (κ3) is 4.21. The molecular formula is C8H15NO7. The Morgan fingerprint density at radius 3 is 2.06 bits per heavy atom. The Morgan fingerprint density at radius 2 is 1.69 bits per heavy atom. The van der Waals surface area contributed by atoms with E-state index < -0.39 is 42.8 Å². The van der Waals surface area contributed by atoms with Crippen molar-refractivity contribution >= 4 is 11.7 Å². The van der Waals surface area contributed by atoms with Gasteiger partial charge in [-0.2, -0.15) is 0 Å². The highest BCUT2D eigenvalue weighted by molar-refractivity contribution is 6.38. The summed E-state index contributed by atoms with van der Waals surface area (Å²) in [6.45, 7) is 0.306. The molecule has 0 fully saturated rings. The summed E-state index contributed by atoms with van der Waals surface area (Å²) in [7, 11) is 0. The van der Waals surface area contributed by atoms with Gasteiger partial charge in [-0.3, -0.25) is 9.59 Å². The Kier molecular flexibility index (Phi) is 6.08. The van der Waals surface area contributed by atoms with Crippen LogP contribution >= 0.6 is 0 Å². The van der Waals surface area contributed by atoms with Gasteiger partial charge in [-0.05, 0) is 6.92 Å². The van der Waals surface area contributed by atoms with Crippen molar-refractivity contribution in [3.63, 3.8) is 0 Å². The van der Waals surface area contributed by atoms with Gasteiger partial charge in [0.05, 0.1) is 6.61 Å². The van der Waals surface area contributed by atoms with Crippen LogP contribution in [0.3, 0.4) is 0 Å². The second-order valence-electron chi connectivity index (χ2n) is 3.20. The average Bonchev–Trinajstić information content (AvgIpc) is 2.23. The standard InChI is InChI=1S/C8H15NO7/c1-3(11)9-8(16)7(15)6(14)5(13)4(12)2-10/h3-6,10-14H,2H2,1H3,(H,9,16)/t3?,4-,5+,6+/m1/s1. The summed E-state index contributed by atoms with van der Waals surface area (Å²) in [5.74, 6) is -2.72. The first-order valence-corrected chi connectivity index (χ1v) is 4.49. The highest BCUT2D eigenvalue weighted by atomic mass is 16.4. The van der Waals surface area contributed by atoms with E-state index in [4.69, 9.17) is 25.5 Å². The summed E-state index contributed by atoms with van der Waals surface area (Å²) in [5, 5.41) is 46.2. The summed E-state index contributed by atoms with van der Waals surface area (Å²) in [6, 6.07) is 0. The molecule has 0 aromatic carbocycles. The SMILES string of the molecule is CC(O)NC(=O)C(=O)[C@@H](O)[C@@H](O)[C@H](O)CO. The van der Waals surface area contributed by atoms with Crippen LogP contribution in [0, 0.1) is 0 Å². The fraction of sp³-hybridized carbons (Fsp3) is 0.750. The van der Waals surface area contributed by atoms with Crippen LogP contribution in [0.4, 0.5) is 0 Å². The van der Waals surface area contributed by atoms with E-state index >= 15 is 0 Å². The van der Waals surface area contributed by atoms with Crippen LogP contribution in [0.2, 0.25) is 0 Å². The van der Waals surface area contributed by atoms with Gasteiger partial charge < -0.3 is 30.8 Å². The van der Waals surface area contributed by atoms with Crippen LogP contribution in [0.15, 0.2) is 0 Å². The van der Waals surface area contributed by atoms with Crippen molar-refractivity contribution in [2.45, 2.75) is 31.5 Å². The summed E-state index contributed by atoms with van der Waals surface area (Å²) in [6.07, 6.45) is -7.17. The molecule has 8 heteroatoms. The molecule has 0 aromatic rings. The van der Waals surface area contributed by atoms with E-state index in [2.05, 4.69) is 0 Å². The Bertz CT molecular complexity index is 255. The zero-order chi connectivity index (χ0) is 12.9. The van der Waals surface area contributed by atoms with Gasteiger partial charge in [0, 0.05) is 0 Å². The van der Waals surface area contributed by atoms with Crippen LogP contribution in [0.25, 0.3) is 0 Å². The number of aliphatic hydroxyl groups excluding tert-OH is 5. The van der Waals surface area contributed by atoms with Crippen molar-refractivity contribution in [1.29, 1.82) is 0 Å². The fourth-order valence-corrected chi connectivity index (χ4v) is 0.869. The molecular weight excluding hydrogens is 222 g/mol. The Labute approximate surface area is 91.1 Å². The molecule has 4 atom stereocenters. The van der Waals surface area contributed by atoms with Gasteiger partial charge >= 0.3 is 0 Å². The van der Waals surface area contributed by atoms with E-state index in [-0.39, 0.29) is 0 Å². The molecule has 0 rings (SSSR count). The number of amides is 1. The van der Waals surface area contributed by atoms with Gasteiger partial charge in [-0.15, -0.1) is 0 Å². The van der Waals surface area contributed by atoms with Gasteiger partial charge in [0.25, 0.3) is 11.7 Å². The molecule has 0 aliphatic carbocycles. The molecule has 0 aromatic heterocycles. The molecule has 0 saturated heterocycles. The fourth-order valence-electron chi connectivity index (χ4n) is 0.869. The summed E-state index contributed by atoms with van der Waals surface area (Å²) in [4.78, 5) is 22.1. The molecule has 0 heterocycles. The van der Waals surface area contributed by atoms with E-state index in [1.54, 1.807) is 5.32 Å². The monoisotopic (exact) mass is 237 g/mol. The molecule has 0 spiro atoms. The topological polar surface area (TPSA) is 147 Å². The number of hydrogen-bond donors (Lipinski definition) is 6. The lowest BCUT2D eigenvalue weighted by Crippen LogP contribution is -2.50. The minimum Gasteiger partial charge on any atom is -0.394 e. The Morgan fingerprint density at radius 1 is 1.19 bits per heavy atom. The van der Waals surface area contributed by atoms with Crippen molar-refractivity contribution in [3.05, 3.63) is 0 Å². The number of carbonyl (C=O) groups is 2. The largest absolute Gasteiger partial charge is 0.394 e. The number of nitrogens with one attached hydrogen (secondary N) is 1. The Hall–Kier alpha value is -1.06. The van der Waals surface area contributed by atoms with Crippen molar-refractivity contribution in [2.75, 3.05) is 6.61 Å². The smallest absolute Gasteiger partial charge is 0.292 e. The maximum atomic E-state index is 11.1. The quantitative estimate of drug-likeness (QED) is 0.204. The number of Topliss-reactive ketones (excluding diaryl/α,β-unsaturated/α-hetero) is 1. The predicted molar refractivity (Wildman–Crippen MR) is 49.9 cm³/mol. The molecule has 0 aliphatic heterocycles. The third-order valence-corrected chi connectivity index (χ3v) is 1.74. The minimum atomic E-state index is -2.17. The van der Waals surface area contributed by atoms with E-state index in [9.17, 15) is 9.59 Å². The maximum absolute atomic E-state index is 11.1. The number of aliphatic hydroxyl groups is 5. The zero-order valence-corrected chi connectivity index (χ0v) is 8.57. The summed E-state index contributed by atoms with van der Waals surface area (Å²) < 4.78 is 0. The van der Waals surface area contributed by atoms with Gasteiger partial charge in [0.2, 0.25) is 0 Å². The van der Waals surface area contributed by atoms with E-state index in [1.807, 2.05) is 0 Å². The zero-order valence-electron chi connectivity index (χ0n) is 8.57. The number of carbonyl (C=O) groups excluding carboxylic acids is 2. The van der Waals surface area contributed by atoms with Crippen LogP contribution in [0.5, 0.6) is 0 Å². The van der Waals surface area contributed by atoms with Crippen molar-refractivity contribution in [2.24, 2.45) is 0 Å². The van der Waals surface area contributed by atoms with Gasteiger partial charge in [0.1, 0.15) is 18.4 Å². The van der Waals surface area contributed by atoms with Crippen LogP contribution < -0.4 is 5.32 Å².